The summed E-state index contributed by atoms with van der Waals surface area (Å²) in [7, 11) is 0. The van der Waals surface area contributed by atoms with Crippen molar-refractivity contribution >= 4 is 12.6 Å². The topological polar surface area (TPSA) is 0 Å². The molecule has 0 amide bonds. The molecule has 0 bridgehead atoms. The van der Waals surface area contributed by atoms with E-state index in [0.717, 1.165) is 0 Å². The summed E-state index contributed by atoms with van der Waals surface area (Å²) in [5.74, 6) is 0. The summed E-state index contributed by atoms with van der Waals surface area (Å²) in [6, 6.07) is 0. The summed E-state index contributed by atoms with van der Waals surface area (Å²) in [6.07, 6.45) is 0. The summed E-state index contributed by atoms with van der Waals surface area (Å²) in [5, 5.41) is -1.31. The first-order chi connectivity index (χ1) is 2.00. The van der Waals surface area contributed by atoms with Crippen LogP contribution in [0.3, 0.4) is 0 Å². The maximum Gasteiger partial charge on any atom is 0.147 e. The van der Waals surface area contributed by atoms with Crippen LogP contribution in [0.25, 0.3) is 0 Å². The lowest BCUT2D eigenvalue weighted by atomic mass is 10.5. The molecule has 32 valence electrons. The molecule has 0 saturated carbocycles. The molecule has 0 N–H and O–H groups in total. The van der Waals surface area contributed by atoms with Gasteiger partial charge in [0, 0.05) is 0 Å². The van der Waals surface area contributed by atoms with Crippen molar-refractivity contribution in [2.75, 3.05) is 0 Å². The highest BCUT2D eigenvalue weighted by atomic mass is 32.1. The van der Waals surface area contributed by atoms with E-state index < -0.39 is 5.00 Å². The van der Waals surface area contributed by atoms with E-state index in [-0.39, 0.29) is 0 Å². The summed E-state index contributed by atoms with van der Waals surface area (Å²) in [5.41, 5.74) is 0. The van der Waals surface area contributed by atoms with Gasteiger partial charge in [-0.3, -0.25) is 0 Å². The summed E-state index contributed by atoms with van der Waals surface area (Å²) < 4.78 is 11.6. The number of thiol groups is 1. The van der Waals surface area contributed by atoms with E-state index >= 15 is 0 Å². The fraction of sp³-hybridized carbons (Fsp3) is 1.00. The normalized spacial score (nSPS) is 12.0. The van der Waals surface area contributed by atoms with Gasteiger partial charge in [0.2, 0.25) is 0 Å². The van der Waals surface area contributed by atoms with Crippen molar-refractivity contribution in [3.8, 4) is 0 Å². The minimum Gasteiger partial charge on any atom is -0.233 e. The minimum atomic E-state index is -1.31. The highest BCUT2D eigenvalue weighted by Crippen LogP contribution is 2.10. The summed E-state index contributed by atoms with van der Waals surface area (Å²) >= 11 is 3.46. The van der Waals surface area contributed by atoms with Crippen LogP contribution in [0.1, 0.15) is 13.8 Å². The molecule has 0 aromatic rings. The van der Waals surface area contributed by atoms with Gasteiger partial charge in [-0.25, -0.2) is 4.39 Å². The third-order valence-corrected chi connectivity index (χ3v) is 0. The highest BCUT2D eigenvalue weighted by molar-refractivity contribution is 7.81. The number of alkyl halides is 1. The molecule has 0 radical (unpaired) electrons. The minimum absolute atomic E-state index is 1.31. The third-order valence-electron chi connectivity index (χ3n) is 0. The van der Waals surface area contributed by atoms with Crippen molar-refractivity contribution in [2.24, 2.45) is 0 Å². The molecule has 0 unspecified atom stereocenters. The number of hydrogen-bond donors (Lipinski definition) is 1. The Morgan fingerprint density at radius 3 is 1.60 bits per heavy atom. The first kappa shape index (κ1) is 5.28. The predicted octanol–water partition coefficient (Wildman–Crippen LogP) is 1.62. The van der Waals surface area contributed by atoms with Crippen LogP contribution in [0.5, 0.6) is 0 Å². The second-order valence-corrected chi connectivity index (χ2v) is 2.47. The van der Waals surface area contributed by atoms with Crippen molar-refractivity contribution in [1.82, 2.24) is 0 Å². The van der Waals surface area contributed by atoms with Crippen LogP contribution in [0, 0.1) is 0 Å². The van der Waals surface area contributed by atoms with Gasteiger partial charge in [0.15, 0.2) is 0 Å². The van der Waals surface area contributed by atoms with Crippen LogP contribution >= 0.6 is 12.6 Å². The van der Waals surface area contributed by atoms with E-state index in [1.807, 2.05) is 0 Å². The van der Waals surface area contributed by atoms with Crippen LogP contribution in [0.2, 0.25) is 0 Å². The second kappa shape index (κ2) is 1.17. The number of hydrogen-bond acceptors (Lipinski definition) is 1. The third kappa shape index (κ3) is 284. The zero-order valence-corrected chi connectivity index (χ0v) is 4.22. The molecule has 0 fully saturated rings. The van der Waals surface area contributed by atoms with Gasteiger partial charge in [-0.05, 0) is 13.8 Å². The van der Waals surface area contributed by atoms with Crippen molar-refractivity contribution in [3.63, 3.8) is 0 Å². The zero-order valence-electron chi connectivity index (χ0n) is 3.33. The predicted molar refractivity (Wildman–Crippen MR) is 24.2 cm³/mol. The Bertz CT molecular complexity index is 22.4. The maximum atomic E-state index is 11.6. The van der Waals surface area contributed by atoms with E-state index in [1.54, 1.807) is 0 Å². The molecular formula is C3H7FS. The molecule has 0 aromatic carbocycles. The SMILES string of the molecule is CC(C)(F)S. The van der Waals surface area contributed by atoms with Crippen LogP contribution in [-0.2, 0) is 0 Å². The molecule has 5 heavy (non-hydrogen) atoms. The fourth-order valence-corrected chi connectivity index (χ4v) is 0. The monoisotopic (exact) mass is 94.0 g/mol. The number of halogens is 1. The van der Waals surface area contributed by atoms with Gasteiger partial charge in [-0.1, -0.05) is 0 Å². The quantitative estimate of drug-likeness (QED) is 0.433. The molecule has 0 spiro atoms. The highest BCUT2D eigenvalue weighted by Gasteiger charge is 2.03. The Morgan fingerprint density at radius 1 is 1.60 bits per heavy atom. The second-order valence-electron chi connectivity index (χ2n) is 1.41. The molecule has 0 aliphatic carbocycles. The van der Waals surface area contributed by atoms with E-state index in [9.17, 15) is 4.39 Å². The molecule has 0 nitrogen and oxygen atoms in total. The zero-order chi connectivity index (χ0) is 4.50. The van der Waals surface area contributed by atoms with Gasteiger partial charge in [0.25, 0.3) is 0 Å². The summed E-state index contributed by atoms with van der Waals surface area (Å²) in [4.78, 5) is 0. The molecule has 0 heterocycles. The van der Waals surface area contributed by atoms with Crippen LogP contribution < -0.4 is 0 Å². The first-order valence-electron chi connectivity index (χ1n) is 1.41. The van der Waals surface area contributed by atoms with E-state index in [2.05, 4.69) is 12.6 Å². The Kier molecular flexibility index (Phi) is 1.23. The van der Waals surface area contributed by atoms with Crippen molar-refractivity contribution < 1.29 is 4.39 Å². The smallest absolute Gasteiger partial charge is 0.147 e. The lowest BCUT2D eigenvalue weighted by Crippen LogP contribution is -1.96. The van der Waals surface area contributed by atoms with Crippen LogP contribution in [0.15, 0.2) is 0 Å². The Morgan fingerprint density at radius 2 is 1.60 bits per heavy atom. The molecule has 0 aromatic heterocycles. The van der Waals surface area contributed by atoms with Crippen molar-refractivity contribution in [2.45, 2.75) is 18.8 Å². The average molecular weight is 94.2 g/mol. The van der Waals surface area contributed by atoms with E-state index in [1.165, 1.54) is 13.8 Å². The standard InChI is InChI=1S/C3H7FS/c1-3(2,4)5/h5H,1-2H3. The van der Waals surface area contributed by atoms with Gasteiger partial charge < -0.3 is 0 Å². The van der Waals surface area contributed by atoms with Gasteiger partial charge in [-0.15, -0.1) is 12.6 Å². The number of rotatable bonds is 0. The largest absolute Gasteiger partial charge is 0.233 e. The van der Waals surface area contributed by atoms with Crippen molar-refractivity contribution in [1.29, 1.82) is 0 Å². The van der Waals surface area contributed by atoms with Gasteiger partial charge in [0.05, 0.1) is 0 Å². The van der Waals surface area contributed by atoms with Gasteiger partial charge in [0.1, 0.15) is 5.00 Å². The molecule has 0 atom stereocenters. The van der Waals surface area contributed by atoms with Crippen LogP contribution in [-0.4, -0.2) is 5.00 Å². The van der Waals surface area contributed by atoms with Crippen molar-refractivity contribution in [3.05, 3.63) is 0 Å². The maximum absolute atomic E-state index is 11.6. The average Bonchev–Trinajstić information content (AvgIpc) is 0.722. The van der Waals surface area contributed by atoms with Crippen LogP contribution in [0.4, 0.5) is 4.39 Å². The molecule has 0 saturated heterocycles. The van der Waals surface area contributed by atoms with E-state index in [4.69, 9.17) is 0 Å². The molecule has 0 rings (SSSR count). The Hall–Kier alpha value is 0.280. The fourth-order valence-electron chi connectivity index (χ4n) is 0. The van der Waals surface area contributed by atoms with E-state index in [0.29, 0.717) is 0 Å². The molecule has 0 aliphatic heterocycles. The molecular weight excluding hydrogens is 87.1 g/mol. The molecule has 2 heteroatoms. The summed E-state index contributed by atoms with van der Waals surface area (Å²) in [6.45, 7) is 2.77. The van der Waals surface area contributed by atoms with Gasteiger partial charge >= 0.3 is 0 Å². The Labute approximate surface area is 36.8 Å². The lowest BCUT2D eigenvalue weighted by Gasteiger charge is -1.98. The molecule has 0 aliphatic rings. The first-order valence-corrected chi connectivity index (χ1v) is 1.86. The Balaban J connectivity index is 3.02. The van der Waals surface area contributed by atoms with Gasteiger partial charge in [-0.2, -0.15) is 0 Å². The lowest BCUT2D eigenvalue weighted by molar-refractivity contribution is 0.349.